The van der Waals surface area contributed by atoms with Crippen molar-refractivity contribution in [3.05, 3.63) is 34.4 Å². The molecule has 0 aliphatic rings. The van der Waals surface area contributed by atoms with E-state index in [0.29, 0.717) is 0 Å². The van der Waals surface area contributed by atoms with Gasteiger partial charge >= 0.3 is 0 Å². The van der Waals surface area contributed by atoms with Gasteiger partial charge in [0.2, 0.25) is 5.91 Å². The fraction of sp³-hybridized carbons (Fsp3) is 0.462. The van der Waals surface area contributed by atoms with Gasteiger partial charge < -0.3 is 5.32 Å². The molecule has 0 saturated heterocycles. The highest BCUT2D eigenvalue weighted by Crippen LogP contribution is 2.24. The number of rotatable bonds is 4. The van der Waals surface area contributed by atoms with Crippen molar-refractivity contribution < 1.29 is 17.8 Å². The number of benzene rings is 1. The molecule has 1 aromatic carbocycles. The molecular formula is C13H19NO4S. The highest BCUT2D eigenvalue weighted by molar-refractivity contribution is 7.85. The summed E-state index contributed by atoms with van der Waals surface area (Å²) in [6.07, 6.45) is 0. The molecule has 5 nitrogen and oxygen atoms in total. The zero-order chi connectivity index (χ0) is 14.8. The smallest absolute Gasteiger partial charge is 0.267 e. The van der Waals surface area contributed by atoms with Crippen LogP contribution in [0.4, 0.5) is 0 Å². The van der Waals surface area contributed by atoms with Crippen LogP contribution >= 0.6 is 0 Å². The molecule has 2 N–H and O–H groups in total. The van der Waals surface area contributed by atoms with Crippen molar-refractivity contribution in [1.29, 1.82) is 0 Å². The quantitative estimate of drug-likeness (QED) is 0.824. The molecule has 1 aromatic rings. The summed E-state index contributed by atoms with van der Waals surface area (Å²) in [6.45, 7) is 6.97. The Kier molecular flexibility index (Phi) is 4.70. The molecule has 0 aliphatic carbocycles. The molecule has 0 spiro atoms. The first-order valence-corrected chi connectivity index (χ1v) is 7.51. The molecule has 0 bridgehead atoms. The van der Waals surface area contributed by atoms with Crippen LogP contribution in [0.1, 0.15) is 35.2 Å². The molecule has 1 unspecified atom stereocenters. The van der Waals surface area contributed by atoms with E-state index in [1.807, 2.05) is 32.9 Å². The Balaban J connectivity index is 3.28. The van der Waals surface area contributed by atoms with E-state index in [2.05, 4.69) is 5.32 Å². The van der Waals surface area contributed by atoms with Gasteiger partial charge in [-0.15, -0.1) is 0 Å². The maximum Gasteiger partial charge on any atom is 0.267 e. The minimum atomic E-state index is -4.18. The van der Waals surface area contributed by atoms with Gasteiger partial charge in [0.15, 0.2) is 0 Å². The van der Waals surface area contributed by atoms with E-state index < -0.39 is 21.9 Å². The lowest BCUT2D eigenvalue weighted by atomic mass is 9.95. The van der Waals surface area contributed by atoms with Crippen LogP contribution in [0.2, 0.25) is 0 Å². The monoisotopic (exact) mass is 285 g/mol. The topological polar surface area (TPSA) is 83.5 Å². The van der Waals surface area contributed by atoms with E-state index in [1.165, 1.54) is 6.92 Å². The van der Waals surface area contributed by atoms with Crippen LogP contribution in [0.25, 0.3) is 0 Å². The minimum Gasteiger partial charge on any atom is -0.348 e. The first-order valence-electron chi connectivity index (χ1n) is 5.90. The Labute approximate surface area is 113 Å². The molecular weight excluding hydrogens is 266 g/mol. The third kappa shape index (κ3) is 4.65. The maximum atomic E-state index is 11.2. The van der Waals surface area contributed by atoms with E-state index in [4.69, 9.17) is 4.55 Å². The van der Waals surface area contributed by atoms with Crippen molar-refractivity contribution in [2.45, 2.75) is 33.7 Å². The summed E-state index contributed by atoms with van der Waals surface area (Å²) < 4.78 is 31.2. The third-order valence-electron chi connectivity index (χ3n) is 2.84. The third-order valence-corrected chi connectivity index (χ3v) is 3.60. The zero-order valence-corrected chi connectivity index (χ0v) is 12.3. The molecule has 19 heavy (non-hydrogen) atoms. The highest BCUT2D eigenvalue weighted by atomic mass is 32.2. The SMILES string of the molecule is CC(=O)NC(CS(=O)(=O)O)c1c(C)cc(C)cc1C. The van der Waals surface area contributed by atoms with Gasteiger partial charge in [-0.2, -0.15) is 8.42 Å². The number of aryl methyl sites for hydroxylation is 3. The van der Waals surface area contributed by atoms with Crippen molar-refractivity contribution in [3.63, 3.8) is 0 Å². The second-order valence-electron chi connectivity index (χ2n) is 4.81. The fourth-order valence-electron chi connectivity index (χ4n) is 2.39. The van der Waals surface area contributed by atoms with Crippen LogP contribution in [0.3, 0.4) is 0 Å². The van der Waals surface area contributed by atoms with Gasteiger partial charge in [-0.25, -0.2) is 0 Å². The fourth-order valence-corrected chi connectivity index (χ4v) is 3.07. The maximum absolute atomic E-state index is 11.2. The largest absolute Gasteiger partial charge is 0.348 e. The Bertz CT molecular complexity index is 570. The highest BCUT2D eigenvalue weighted by Gasteiger charge is 2.23. The van der Waals surface area contributed by atoms with E-state index in [1.54, 1.807) is 0 Å². The summed E-state index contributed by atoms with van der Waals surface area (Å²) in [4.78, 5) is 11.2. The molecule has 0 aromatic heterocycles. The molecule has 1 atom stereocenters. The molecule has 0 heterocycles. The van der Waals surface area contributed by atoms with Crippen LogP contribution in [-0.4, -0.2) is 24.6 Å². The summed E-state index contributed by atoms with van der Waals surface area (Å²) >= 11 is 0. The first-order chi connectivity index (χ1) is 8.60. The number of hydrogen-bond donors (Lipinski definition) is 2. The Morgan fingerprint density at radius 2 is 1.74 bits per heavy atom. The lowest BCUT2D eigenvalue weighted by molar-refractivity contribution is -0.119. The molecule has 1 amide bonds. The van der Waals surface area contributed by atoms with Gasteiger partial charge in [-0.05, 0) is 37.5 Å². The standard InChI is InChI=1S/C13H19NO4S/c1-8-5-9(2)13(10(3)6-8)12(14-11(4)15)7-19(16,17)18/h5-6,12H,7H2,1-4H3,(H,14,15)(H,16,17,18). The molecule has 6 heteroatoms. The summed E-state index contributed by atoms with van der Waals surface area (Å²) in [7, 11) is -4.18. The van der Waals surface area contributed by atoms with Gasteiger partial charge in [0.1, 0.15) is 0 Å². The number of carbonyl (C=O) groups is 1. The predicted molar refractivity (Wildman–Crippen MR) is 73.6 cm³/mol. The zero-order valence-electron chi connectivity index (χ0n) is 11.5. The summed E-state index contributed by atoms with van der Waals surface area (Å²) in [6, 6.07) is 3.09. The average molecular weight is 285 g/mol. The van der Waals surface area contributed by atoms with Gasteiger partial charge in [-0.1, -0.05) is 17.7 Å². The number of carbonyl (C=O) groups excluding carboxylic acids is 1. The van der Waals surface area contributed by atoms with Crippen molar-refractivity contribution in [2.75, 3.05) is 5.75 Å². The van der Waals surface area contributed by atoms with Gasteiger partial charge in [0.05, 0.1) is 11.8 Å². The van der Waals surface area contributed by atoms with Crippen LogP contribution in [0.5, 0.6) is 0 Å². The molecule has 0 fully saturated rings. The van der Waals surface area contributed by atoms with Gasteiger partial charge in [0.25, 0.3) is 10.1 Å². The van der Waals surface area contributed by atoms with E-state index in [9.17, 15) is 13.2 Å². The van der Waals surface area contributed by atoms with E-state index in [-0.39, 0.29) is 5.91 Å². The number of hydrogen-bond acceptors (Lipinski definition) is 3. The second kappa shape index (κ2) is 5.71. The van der Waals surface area contributed by atoms with Crippen molar-refractivity contribution in [2.24, 2.45) is 0 Å². The van der Waals surface area contributed by atoms with Crippen LogP contribution in [0.15, 0.2) is 12.1 Å². The predicted octanol–water partition coefficient (Wildman–Crippen LogP) is 1.68. The van der Waals surface area contributed by atoms with Gasteiger partial charge in [0, 0.05) is 6.92 Å². The second-order valence-corrected chi connectivity index (χ2v) is 6.31. The lowest BCUT2D eigenvalue weighted by Gasteiger charge is -2.21. The van der Waals surface area contributed by atoms with Crippen LogP contribution < -0.4 is 5.32 Å². The summed E-state index contributed by atoms with van der Waals surface area (Å²) in [5.41, 5.74) is 3.57. The first kappa shape index (κ1) is 15.7. The van der Waals surface area contributed by atoms with Crippen molar-refractivity contribution in [1.82, 2.24) is 5.32 Å². The van der Waals surface area contributed by atoms with Crippen molar-refractivity contribution in [3.8, 4) is 0 Å². The summed E-state index contributed by atoms with van der Waals surface area (Å²) in [5.74, 6) is -0.870. The Hall–Kier alpha value is -1.40. The average Bonchev–Trinajstić information content (AvgIpc) is 2.10. The minimum absolute atomic E-state index is 0.340. The molecule has 0 saturated carbocycles. The Morgan fingerprint density at radius 3 is 2.11 bits per heavy atom. The molecule has 1 rings (SSSR count). The van der Waals surface area contributed by atoms with Crippen molar-refractivity contribution >= 4 is 16.0 Å². The van der Waals surface area contributed by atoms with E-state index >= 15 is 0 Å². The van der Waals surface area contributed by atoms with E-state index in [0.717, 1.165) is 22.3 Å². The number of amides is 1. The normalized spacial score (nSPS) is 13.1. The van der Waals surface area contributed by atoms with Crippen LogP contribution in [-0.2, 0) is 14.9 Å². The molecule has 106 valence electrons. The molecule has 0 radical (unpaired) electrons. The van der Waals surface area contributed by atoms with Crippen LogP contribution in [0, 0.1) is 20.8 Å². The lowest BCUT2D eigenvalue weighted by Crippen LogP contribution is -2.32. The molecule has 0 aliphatic heterocycles. The number of nitrogens with one attached hydrogen (secondary N) is 1. The summed E-state index contributed by atoms with van der Waals surface area (Å²) in [5, 5.41) is 2.58. The van der Waals surface area contributed by atoms with Gasteiger partial charge in [-0.3, -0.25) is 9.35 Å². The Morgan fingerprint density at radius 1 is 1.26 bits per heavy atom.